The number of halogens is 3. The van der Waals surface area contributed by atoms with Crippen molar-refractivity contribution in [2.24, 2.45) is 12.0 Å². The van der Waals surface area contributed by atoms with Gasteiger partial charge in [-0.3, -0.25) is 4.79 Å². The fourth-order valence-electron chi connectivity index (χ4n) is 1.62. The minimum atomic E-state index is -3.00. The molecule has 0 aliphatic rings. The van der Waals surface area contributed by atoms with Gasteiger partial charge in [0.15, 0.2) is 11.3 Å². The van der Waals surface area contributed by atoms with Crippen molar-refractivity contribution in [3.8, 4) is 6.07 Å². The maximum Gasteiger partial charge on any atom is 0.280 e. The number of nitrogens with zero attached hydrogens (tertiary/aromatic N) is 3. The zero-order valence-electron chi connectivity index (χ0n) is 12.3. The van der Waals surface area contributed by atoms with Crippen molar-refractivity contribution < 1.29 is 18.0 Å². The van der Waals surface area contributed by atoms with Crippen molar-refractivity contribution in [3.63, 3.8) is 0 Å². The largest absolute Gasteiger partial charge is 0.367 e. The Morgan fingerprint density at radius 1 is 1.55 bits per heavy atom. The molecule has 0 bridgehead atoms. The zero-order chi connectivity index (χ0) is 16.9. The molecule has 1 rings (SSSR count). The number of hydrogen-bond donors (Lipinski definition) is 1. The van der Waals surface area contributed by atoms with Crippen molar-refractivity contribution in [3.05, 3.63) is 35.3 Å². The maximum atomic E-state index is 14.1. The number of carbonyl (C=O) groups excluding carboxylic acids is 1. The Hall–Kier alpha value is -2.56. The summed E-state index contributed by atoms with van der Waals surface area (Å²) in [7, 11) is 1.41. The number of aromatic nitrogens is 1. The summed E-state index contributed by atoms with van der Waals surface area (Å²) in [6, 6.07) is 3.04. The molecule has 0 aromatic carbocycles. The van der Waals surface area contributed by atoms with Crippen molar-refractivity contribution in [1.82, 2.24) is 4.57 Å². The predicted molar refractivity (Wildman–Crippen MR) is 74.4 cm³/mol. The van der Waals surface area contributed by atoms with Crippen LogP contribution in [0.3, 0.4) is 0 Å². The average molecular weight is 312 g/mol. The number of aryl methyl sites for hydroxylation is 1. The van der Waals surface area contributed by atoms with Crippen LogP contribution in [0, 0.1) is 17.1 Å². The minimum absolute atomic E-state index is 0.161. The smallest absolute Gasteiger partial charge is 0.280 e. The molecule has 1 heterocycles. The Kier molecular flexibility index (Phi) is 5.51. The molecular weight excluding hydrogens is 297 g/mol. The third-order valence-electron chi connectivity index (χ3n) is 2.60. The topological polar surface area (TPSA) is 70.2 Å². The van der Waals surface area contributed by atoms with Crippen molar-refractivity contribution >= 4 is 12.0 Å². The Bertz CT molecular complexity index is 673. The molecule has 0 saturated carbocycles. The van der Waals surface area contributed by atoms with E-state index in [9.17, 15) is 18.0 Å². The van der Waals surface area contributed by atoms with Gasteiger partial charge in [0.05, 0.1) is 11.8 Å². The summed E-state index contributed by atoms with van der Waals surface area (Å²) in [5.41, 5.74) is -1.82. The number of nitriles is 1. The molecule has 118 valence electrons. The summed E-state index contributed by atoms with van der Waals surface area (Å²) in [5.74, 6) is -0.862. The number of carbonyl (C=O) groups is 1. The van der Waals surface area contributed by atoms with E-state index in [1.54, 1.807) is 13.8 Å². The van der Waals surface area contributed by atoms with Gasteiger partial charge in [0.1, 0.15) is 17.5 Å². The molecule has 0 unspecified atom stereocenters. The predicted octanol–water partition coefficient (Wildman–Crippen LogP) is 2.13. The van der Waals surface area contributed by atoms with Gasteiger partial charge in [-0.25, -0.2) is 18.2 Å². The zero-order valence-corrected chi connectivity index (χ0v) is 12.3. The highest BCUT2D eigenvalue weighted by Crippen LogP contribution is 2.14. The Labute approximate surface area is 125 Å². The van der Waals surface area contributed by atoms with Crippen LogP contribution >= 0.6 is 0 Å². The minimum Gasteiger partial charge on any atom is -0.367 e. The van der Waals surface area contributed by atoms with Crippen LogP contribution in [0.1, 0.15) is 13.8 Å². The van der Waals surface area contributed by atoms with E-state index in [0.29, 0.717) is 11.8 Å². The summed E-state index contributed by atoms with van der Waals surface area (Å²) in [5, 5.41) is 11.7. The third-order valence-corrected chi connectivity index (χ3v) is 2.60. The highest BCUT2D eigenvalue weighted by Gasteiger charge is 2.17. The normalized spacial score (nSPS) is 13.2. The highest BCUT2D eigenvalue weighted by atomic mass is 19.3. The van der Waals surface area contributed by atoms with Crippen LogP contribution in [-0.2, 0) is 11.8 Å². The van der Waals surface area contributed by atoms with Crippen molar-refractivity contribution in [2.45, 2.75) is 25.8 Å². The molecule has 1 aromatic rings. The summed E-state index contributed by atoms with van der Waals surface area (Å²) < 4.78 is 40.6. The quantitative estimate of drug-likeness (QED) is 0.669. The van der Waals surface area contributed by atoms with E-state index >= 15 is 0 Å². The fraction of sp³-hybridized carbons (Fsp3) is 0.357. The first-order chi connectivity index (χ1) is 10.2. The highest BCUT2D eigenvalue weighted by molar-refractivity contribution is 5.66. The van der Waals surface area contributed by atoms with Gasteiger partial charge in [-0.1, -0.05) is 0 Å². The van der Waals surface area contributed by atoms with Crippen LogP contribution in [0.4, 0.5) is 18.9 Å². The molecule has 0 atom stereocenters. The summed E-state index contributed by atoms with van der Waals surface area (Å²) >= 11 is 0. The lowest BCUT2D eigenvalue weighted by Crippen LogP contribution is -2.30. The van der Waals surface area contributed by atoms with Gasteiger partial charge in [-0.2, -0.15) is 5.26 Å². The summed E-state index contributed by atoms with van der Waals surface area (Å²) in [6.45, 7) is 3.20. The van der Waals surface area contributed by atoms with Crippen molar-refractivity contribution in [2.75, 3.05) is 5.32 Å². The molecule has 0 aliphatic carbocycles. The molecule has 22 heavy (non-hydrogen) atoms. The average Bonchev–Trinajstić information content (AvgIpc) is 2.40. The Balaban J connectivity index is 3.35. The van der Waals surface area contributed by atoms with E-state index in [1.807, 2.05) is 6.07 Å². The van der Waals surface area contributed by atoms with Crippen LogP contribution < -0.4 is 10.8 Å². The van der Waals surface area contributed by atoms with Gasteiger partial charge in [-0.05, 0) is 13.8 Å². The SMILES string of the molecule is Cn1cc(NC(C)(C)C#N)cc(F)/c1=N/C(=C\C=O)C(F)F. The van der Waals surface area contributed by atoms with Crippen LogP contribution in [0.25, 0.3) is 0 Å². The summed E-state index contributed by atoms with van der Waals surface area (Å²) in [6.07, 6.45) is -0.853. The number of alkyl halides is 2. The van der Waals surface area contributed by atoms with Crippen LogP contribution in [-0.4, -0.2) is 22.8 Å². The molecule has 1 aromatic heterocycles. The van der Waals surface area contributed by atoms with Crippen LogP contribution in [0.2, 0.25) is 0 Å². The van der Waals surface area contributed by atoms with Gasteiger partial charge >= 0.3 is 0 Å². The van der Waals surface area contributed by atoms with Gasteiger partial charge in [0, 0.05) is 25.4 Å². The van der Waals surface area contributed by atoms with Crippen molar-refractivity contribution in [1.29, 1.82) is 5.26 Å². The maximum absolute atomic E-state index is 14.1. The van der Waals surface area contributed by atoms with Gasteiger partial charge in [0.25, 0.3) is 6.43 Å². The van der Waals surface area contributed by atoms with Crippen LogP contribution in [0.15, 0.2) is 29.0 Å². The second kappa shape index (κ2) is 6.93. The first-order valence-electron chi connectivity index (χ1n) is 6.24. The molecule has 0 spiro atoms. The molecule has 8 heteroatoms. The molecule has 5 nitrogen and oxygen atoms in total. The summed E-state index contributed by atoms with van der Waals surface area (Å²) in [4.78, 5) is 13.8. The van der Waals surface area contributed by atoms with Gasteiger partial charge in [0.2, 0.25) is 0 Å². The lowest BCUT2D eigenvalue weighted by atomic mass is 10.1. The number of pyridine rings is 1. The number of aldehydes is 1. The first kappa shape index (κ1) is 17.5. The number of allylic oxidation sites excluding steroid dienone is 2. The lowest BCUT2D eigenvalue weighted by Gasteiger charge is -2.19. The van der Waals surface area contributed by atoms with E-state index < -0.39 is 23.5 Å². The van der Waals surface area contributed by atoms with E-state index in [1.165, 1.54) is 17.8 Å². The third kappa shape index (κ3) is 4.48. The molecular formula is C14H15F3N4O. The number of nitrogens with one attached hydrogen (secondary N) is 1. The molecule has 0 fully saturated rings. The molecule has 0 aliphatic heterocycles. The lowest BCUT2D eigenvalue weighted by molar-refractivity contribution is -0.104. The monoisotopic (exact) mass is 312 g/mol. The number of anilines is 1. The van der Waals surface area contributed by atoms with E-state index in [2.05, 4.69) is 10.3 Å². The standard InChI is InChI=1S/C14H15F3N4O/c1-14(2,8-18)20-9-6-10(15)13(21(3)7-9)19-11(4-5-22)12(16)17/h4-7,12,20H,1-3H3/b11-4-,19-13-. The molecule has 0 radical (unpaired) electrons. The first-order valence-corrected chi connectivity index (χ1v) is 6.24. The fourth-order valence-corrected chi connectivity index (χ4v) is 1.62. The van der Waals surface area contributed by atoms with E-state index in [4.69, 9.17) is 5.26 Å². The van der Waals surface area contributed by atoms with Crippen LogP contribution in [0.5, 0.6) is 0 Å². The number of rotatable bonds is 5. The second-order valence-corrected chi connectivity index (χ2v) is 5.01. The molecule has 1 N–H and O–H groups in total. The van der Waals surface area contributed by atoms with E-state index in [-0.39, 0.29) is 11.8 Å². The molecule has 0 saturated heterocycles. The van der Waals surface area contributed by atoms with Gasteiger partial charge in [-0.15, -0.1) is 0 Å². The van der Waals surface area contributed by atoms with Gasteiger partial charge < -0.3 is 9.88 Å². The Morgan fingerprint density at radius 2 is 2.18 bits per heavy atom. The Morgan fingerprint density at radius 3 is 2.64 bits per heavy atom. The molecule has 0 amide bonds. The number of hydrogen-bond acceptors (Lipinski definition) is 4. The van der Waals surface area contributed by atoms with E-state index in [0.717, 1.165) is 6.07 Å². The second-order valence-electron chi connectivity index (χ2n) is 5.01.